The Morgan fingerprint density at radius 2 is 1.86 bits per heavy atom. The number of aromatic nitrogens is 2. The Balaban J connectivity index is 2.39. The number of nitrogens with zero attached hydrogens (tertiary/aromatic N) is 2. The van der Waals surface area contributed by atoms with Crippen molar-refractivity contribution in [1.29, 1.82) is 0 Å². The van der Waals surface area contributed by atoms with Gasteiger partial charge < -0.3 is 0 Å². The molecule has 0 saturated carbocycles. The predicted molar refractivity (Wildman–Crippen MR) is 90.1 cm³/mol. The number of alkyl halides is 1. The molecule has 0 fully saturated rings. The fourth-order valence-corrected chi connectivity index (χ4v) is 2.90. The van der Waals surface area contributed by atoms with Crippen molar-refractivity contribution in [2.24, 2.45) is 0 Å². The normalized spacial score (nSPS) is 12.8. The Labute approximate surface area is 138 Å². The summed E-state index contributed by atoms with van der Waals surface area (Å²) in [4.78, 5) is 4.61. The Morgan fingerprint density at radius 3 is 2.57 bits per heavy atom. The maximum atomic E-state index is 6.38. The van der Waals surface area contributed by atoms with E-state index in [1.54, 1.807) is 0 Å². The highest BCUT2D eigenvalue weighted by Crippen LogP contribution is 2.32. The van der Waals surface area contributed by atoms with Gasteiger partial charge in [-0.3, -0.25) is 4.57 Å². The molecule has 3 aromatic rings. The molecule has 3 rings (SSSR count). The van der Waals surface area contributed by atoms with E-state index in [1.165, 1.54) is 0 Å². The lowest BCUT2D eigenvalue weighted by molar-refractivity contribution is 0.882. The second-order valence-corrected chi connectivity index (χ2v) is 6.51. The second-order valence-electron chi connectivity index (χ2n) is 5.01. The van der Waals surface area contributed by atoms with E-state index < -0.39 is 0 Å². The van der Waals surface area contributed by atoms with Crippen LogP contribution in [0.3, 0.4) is 0 Å². The van der Waals surface area contributed by atoms with Crippen LogP contribution in [0.5, 0.6) is 0 Å². The summed E-state index contributed by atoms with van der Waals surface area (Å²) in [7, 11) is 0. The summed E-state index contributed by atoms with van der Waals surface area (Å²) in [6, 6.07) is 11.5. The van der Waals surface area contributed by atoms with Gasteiger partial charge in [-0.05, 0) is 49.7 Å². The molecule has 0 aliphatic carbocycles. The molecule has 0 bridgehead atoms. The summed E-state index contributed by atoms with van der Waals surface area (Å²) < 4.78 is 2.00. The fourth-order valence-electron chi connectivity index (χ4n) is 2.39. The molecule has 0 amide bonds. The zero-order valence-corrected chi connectivity index (χ0v) is 13.8. The minimum absolute atomic E-state index is 0.243. The molecule has 0 saturated heterocycles. The summed E-state index contributed by atoms with van der Waals surface area (Å²) in [5.41, 5.74) is 3.75. The van der Waals surface area contributed by atoms with Crippen molar-refractivity contribution in [3.05, 3.63) is 57.8 Å². The van der Waals surface area contributed by atoms with Crippen LogP contribution in [0.15, 0.2) is 36.4 Å². The maximum absolute atomic E-state index is 6.38. The van der Waals surface area contributed by atoms with Crippen molar-refractivity contribution in [2.75, 3.05) is 0 Å². The van der Waals surface area contributed by atoms with Crippen LogP contribution in [0, 0.1) is 6.92 Å². The van der Waals surface area contributed by atoms with Crippen LogP contribution in [0.2, 0.25) is 10.0 Å². The molecule has 5 heteroatoms. The molecular weight excluding hydrogens is 327 g/mol. The van der Waals surface area contributed by atoms with Crippen molar-refractivity contribution < 1.29 is 0 Å². The molecule has 2 nitrogen and oxygen atoms in total. The van der Waals surface area contributed by atoms with Gasteiger partial charge >= 0.3 is 0 Å². The number of hydrogen-bond acceptors (Lipinski definition) is 1. The third kappa shape index (κ3) is 2.64. The molecule has 0 N–H and O–H groups in total. The SMILES string of the molecule is Cc1ccc(Cl)c(-n2c(C(C)Cl)nc3cc(Cl)ccc32)c1. The van der Waals surface area contributed by atoms with Crippen LogP contribution < -0.4 is 0 Å². The van der Waals surface area contributed by atoms with Crippen LogP contribution in [0.1, 0.15) is 23.7 Å². The Kier molecular flexibility index (Phi) is 3.87. The van der Waals surface area contributed by atoms with Gasteiger partial charge in [-0.15, -0.1) is 11.6 Å². The minimum atomic E-state index is -0.243. The molecule has 1 unspecified atom stereocenters. The predicted octanol–water partition coefficient (Wildman–Crippen LogP) is 5.94. The van der Waals surface area contributed by atoms with Gasteiger partial charge in [0.25, 0.3) is 0 Å². The molecule has 0 radical (unpaired) electrons. The van der Waals surface area contributed by atoms with Crippen LogP contribution in [-0.2, 0) is 0 Å². The molecule has 0 aliphatic rings. The van der Waals surface area contributed by atoms with Gasteiger partial charge in [0.1, 0.15) is 5.82 Å². The molecule has 21 heavy (non-hydrogen) atoms. The van der Waals surface area contributed by atoms with Crippen molar-refractivity contribution >= 4 is 45.8 Å². The Bertz CT molecular complexity index is 822. The van der Waals surface area contributed by atoms with E-state index >= 15 is 0 Å². The summed E-state index contributed by atoms with van der Waals surface area (Å²) in [5.74, 6) is 0.751. The molecule has 1 aromatic heterocycles. The molecule has 2 aromatic carbocycles. The van der Waals surface area contributed by atoms with Crippen molar-refractivity contribution in [3.63, 3.8) is 0 Å². The summed E-state index contributed by atoms with van der Waals surface area (Å²) in [6.45, 7) is 3.92. The van der Waals surface area contributed by atoms with Crippen LogP contribution in [0.4, 0.5) is 0 Å². The first-order valence-electron chi connectivity index (χ1n) is 6.56. The number of fused-ring (bicyclic) bond motifs is 1. The average molecular weight is 340 g/mol. The quantitative estimate of drug-likeness (QED) is 0.528. The van der Waals surface area contributed by atoms with E-state index in [4.69, 9.17) is 34.8 Å². The number of rotatable bonds is 2. The van der Waals surface area contributed by atoms with Gasteiger partial charge in [0, 0.05) is 5.02 Å². The standard InChI is InChI=1S/C16H13Cl3N2/c1-9-3-5-12(19)15(7-9)21-14-6-4-11(18)8-13(14)20-16(21)10(2)17/h3-8,10H,1-2H3. The van der Waals surface area contributed by atoms with Gasteiger partial charge in [0.2, 0.25) is 0 Å². The lowest BCUT2D eigenvalue weighted by Crippen LogP contribution is -2.03. The molecular formula is C16H13Cl3N2. The highest BCUT2D eigenvalue weighted by Gasteiger charge is 2.18. The van der Waals surface area contributed by atoms with Gasteiger partial charge in [0.05, 0.1) is 27.1 Å². The molecule has 0 spiro atoms. The second kappa shape index (κ2) is 5.53. The fraction of sp³-hybridized carbons (Fsp3) is 0.188. The van der Waals surface area contributed by atoms with E-state index in [0.717, 1.165) is 28.1 Å². The van der Waals surface area contributed by atoms with Crippen LogP contribution >= 0.6 is 34.8 Å². The van der Waals surface area contributed by atoms with E-state index in [2.05, 4.69) is 4.98 Å². The number of hydrogen-bond donors (Lipinski definition) is 0. The zero-order chi connectivity index (χ0) is 15.1. The maximum Gasteiger partial charge on any atom is 0.132 e. The molecule has 1 heterocycles. The smallest absolute Gasteiger partial charge is 0.132 e. The number of imidazole rings is 1. The summed E-state index contributed by atoms with van der Waals surface area (Å²) in [5, 5.41) is 1.07. The first kappa shape index (κ1) is 14.7. The minimum Gasteiger partial charge on any atom is -0.294 e. The third-order valence-corrected chi connectivity index (χ3v) is 4.09. The van der Waals surface area contributed by atoms with Gasteiger partial charge in [-0.1, -0.05) is 29.3 Å². The topological polar surface area (TPSA) is 17.8 Å². The van der Waals surface area contributed by atoms with E-state index in [9.17, 15) is 0 Å². The summed E-state index contributed by atoms with van der Waals surface area (Å²) in [6.07, 6.45) is 0. The highest BCUT2D eigenvalue weighted by atomic mass is 35.5. The van der Waals surface area contributed by atoms with Gasteiger partial charge in [-0.2, -0.15) is 0 Å². The third-order valence-electron chi connectivity index (χ3n) is 3.34. The van der Waals surface area contributed by atoms with Crippen LogP contribution in [-0.4, -0.2) is 9.55 Å². The van der Waals surface area contributed by atoms with Gasteiger partial charge in [0.15, 0.2) is 0 Å². The van der Waals surface area contributed by atoms with E-state index in [-0.39, 0.29) is 5.38 Å². The highest BCUT2D eigenvalue weighted by molar-refractivity contribution is 6.32. The Hall–Kier alpha value is -1.22. The summed E-state index contributed by atoms with van der Waals surface area (Å²) >= 11 is 18.7. The first-order valence-corrected chi connectivity index (χ1v) is 7.75. The lowest BCUT2D eigenvalue weighted by Gasteiger charge is -2.13. The van der Waals surface area contributed by atoms with Gasteiger partial charge in [-0.25, -0.2) is 4.98 Å². The number of halogens is 3. The largest absolute Gasteiger partial charge is 0.294 e. The average Bonchev–Trinajstić information content (AvgIpc) is 2.80. The van der Waals surface area contributed by atoms with Crippen molar-refractivity contribution in [3.8, 4) is 5.69 Å². The monoisotopic (exact) mass is 338 g/mol. The van der Waals surface area contributed by atoms with E-state index in [0.29, 0.717) is 10.0 Å². The molecule has 108 valence electrons. The molecule has 0 aliphatic heterocycles. The van der Waals surface area contributed by atoms with E-state index in [1.807, 2.05) is 54.8 Å². The Morgan fingerprint density at radius 1 is 1.10 bits per heavy atom. The first-order chi connectivity index (χ1) is 9.97. The lowest BCUT2D eigenvalue weighted by atomic mass is 10.2. The van der Waals surface area contributed by atoms with Crippen molar-refractivity contribution in [1.82, 2.24) is 9.55 Å². The number of aryl methyl sites for hydroxylation is 1. The van der Waals surface area contributed by atoms with Crippen LogP contribution in [0.25, 0.3) is 16.7 Å². The van der Waals surface area contributed by atoms with Crippen molar-refractivity contribution in [2.45, 2.75) is 19.2 Å². The number of benzene rings is 2. The molecule has 1 atom stereocenters. The zero-order valence-electron chi connectivity index (χ0n) is 11.6.